The molecule has 0 saturated carbocycles. The Kier molecular flexibility index (Phi) is 4.88. The Morgan fingerprint density at radius 3 is 2.91 bits per heavy atom. The number of carbonyl (C=O) groups is 1. The lowest BCUT2D eigenvalue weighted by atomic mass is 9.95. The molecule has 0 saturated heterocycles. The molecule has 0 unspecified atom stereocenters. The molecule has 1 aliphatic carbocycles. The van der Waals surface area contributed by atoms with Crippen LogP contribution in [0.25, 0.3) is 33.2 Å². The molecule has 4 heterocycles. The molecule has 1 aromatic carbocycles. The van der Waals surface area contributed by atoms with Crippen LogP contribution in [0.2, 0.25) is 0 Å². The van der Waals surface area contributed by atoms with E-state index in [0.29, 0.717) is 0 Å². The van der Waals surface area contributed by atoms with E-state index < -0.39 is 0 Å². The molecule has 1 amide bonds. The van der Waals surface area contributed by atoms with Gasteiger partial charge in [-0.15, -0.1) is 22.7 Å². The van der Waals surface area contributed by atoms with Gasteiger partial charge in [-0.1, -0.05) is 12.1 Å². The van der Waals surface area contributed by atoms with Crippen molar-refractivity contribution >= 4 is 44.6 Å². The molecule has 0 bridgehead atoms. The van der Waals surface area contributed by atoms with Crippen LogP contribution >= 0.6 is 22.7 Å². The van der Waals surface area contributed by atoms with Gasteiger partial charge in [-0.05, 0) is 55.5 Å². The molecule has 8 heteroatoms. The highest BCUT2D eigenvalue weighted by atomic mass is 32.1. The average molecular weight is 461 g/mol. The number of para-hydroxylation sites is 2. The normalized spacial score (nSPS) is 13.4. The molecule has 0 spiro atoms. The molecule has 0 aliphatic heterocycles. The first-order valence-corrected chi connectivity index (χ1v) is 12.3. The van der Waals surface area contributed by atoms with Crippen molar-refractivity contribution in [1.29, 1.82) is 0 Å². The van der Waals surface area contributed by atoms with Gasteiger partial charge in [0.15, 0.2) is 10.8 Å². The van der Waals surface area contributed by atoms with Crippen LogP contribution < -0.4 is 5.32 Å². The number of carbonyl (C=O) groups excluding carboxylic acids is 1. The van der Waals surface area contributed by atoms with Gasteiger partial charge in [-0.3, -0.25) is 4.79 Å². The fourth-order valence-electron chi connectivity index (χ4n) is 4.21. The second-order valence-corrected chi connectivity index (χ2v) is 9.83. The average Bonchev–Trinajstić information content (AvgIpc) is 3.57. The number of thiazole rings is 1. The highest BCUT2D eigenvalue weighted by Gasteiger charge is 2.25. The number of fused-ring (bicyclic) bond motifs is 2. The standard InChI is InChI=1S/C24H20N4O2S2/c29-20(12-14-13-31-23(25-14)18-9-5-11-30-18)28-24-21(15-6-1-4-10-19(15)32-24)22-26-16-7-2-3-8-17(16)27-22/h2-3,5,7-9,11,13H,1,4,6,10,12H2,(H,26,27)(H,28,29). The maximum Gasteiger partial charge on any atom is 0.231 e. The van der Waals surface area contributed by atoms with Crippen LogP contribution in [-0.4, -0.2) is 20.9 Å². The Hall–Kier alpha value is -3.23. The van der Waals surface area contributed by atoms with Crippen molar-refractivity contribution in [3.05, 3.63) is 64.2 Å². The van der Waals surface area contributed by atoms with Gasteiger partial charge in [-0.25, -0.2) is 9.97 Å². The number of hydrogen-bond donors (Lipinski definition) is 2. The number of nitrogens with one attached hydrogen (secondary N) is 2. The van der Waals surface area contributed by atoms with Crippen molar-refractivity contribution < 1.29 is 9.21 Å². The third-order valence-corrected chi connectivity index (χ3v) is 7.79. The van der Waals surface area contributed by atoms with Crippen molar-refractivity contribution in [2.24, 2.45) is 0 Å². The number of thiophene rings is 1. The molecule has 1 aliphatic rings. The number of H-pyrrole nitrogens is 1. The number of nitrogens with zero attached hydrogens (tertiary/aromatic N) is 2. The maximum atomic E-state index is 13.0. The van der Waals surface area contributed by atoms with E-state index in [9.17, 15) is 4.79 Å². The first-order valence-electron chi connectivity index (χ1n) is 10.6. The molecule has 2 N–H and O–H groups in total. The number of hydrogen-bond acceptors (Lipinski definition) is 6. The zero-order valence-electron chi connectivity index (χ0n) is 17.2. The molecule has 0 fully saturated rings. The molecular weight excluding hydrogens is 440 g/mol. The van der Waals surface area contributed by atoms with Gasteiger partial charge < -0.3 is 14.7 Å². The number of anilines is 1. The van der Waals surface area contributed by atoms with Crippen molar-refractivity contribution in [3.63, 3.8) is 0 Å². The van der Waals surface area contributed by atoms with Crippen LogP contribution in [0.5, 0.6) is 0 Å². The van der Waals surface area contributed by atoms with E-state index >= 15 is 0 Å². The van der Waals surface area contributed by atoms with Crippen molar-refractivity contribution in [2.75, 3.05) is 5.32 Å². The monoisotopic (exact) mass is 460 g/mol. The number of aryl methyl sites for hydroxylation is 1. The van der Waals surface area contributed by atoms with E-state index in [1.54, 1.807) is 17.6 Å². The summed E-state index contributed by atoms with van der Waals surface area (Å²) in [6.45, 7) is 0. The molecule has 0 radical (unpaired) electrons. The predicted molar refractivity (Wildman–Crippen MR) is 128 cm³/mol. The number of benzene rings is 1. The van der Waals surface area contributed by atoms with Crippen LogP contribution in [0, 0.1) is 0 Å². The molecule has 4 aromatic heterocycles. The second kappa shape index (κ2) is 8.03. The van der Waals surface area contributed by atoms with Crippen molar-refractivity contribution in [3.8, 4) is 22.2 Å². The third-order valence-electron chi connectivity index (χ3n) is 5.68. The number of aromatic amines is 1. The summed E-state index contributed by atoms with van der Waals surface area (Å²) in [7, 11) is 0. The molecule has 6 rings (SSSR count). The second-order valence-electron chi connectivity index (χ2n) is 7.86. The van der Waals surface area contributed by atoms with E-state index in [1.165, 1.54) is 34.6 Å². The van der Waals surface area contributed by atoms with Crippen LogP contribution in [0.4, 0.5) is 5.00 Å². The van der Waals surface area contributed by atoms with E-state index in [4.69, 9.17) is 9.40 Å². The predicted octanol–water partition coefficient (Wildman–Crippen LogP) is 6.07. The van der Waals surface area contributed by atoms with E-state index in [1.807, 2.05) is 41.8 Å². The Balaban J connectivity index is 1.30. The van der Waals surface area contributed by atoms with Crippen LogP contribution in [0.15, 0.2) is 52.5 Å². The smallest absolute Gasteiger partial charge is 0.231 e. The van der Waals surface area contributed by atoms with Gasteiger partial charge in [0.2, 0.25) is 5.91 Å². The summed E-state index contributed by atoms with van der Waals surface area (Å²) in [4.78, 5) is 27.1. The Bertz CT molecular complexity index is 1380. The summed E-state index contributed by atoms with van der Waals surface area (Å²) >= 11 is 3.17. The summed E-state index contributed by atoms with van der Waals surface area (Å²) in [6, 6.07) is 11.7. The molecule has 0 atom stereocenters. The third kappa shape index (κ3) is 3.55. The van der Waals surface area contributed by atoms with Crippen molar-refractivity contribution in [1.82, 2.24) is 15.0 Å². The minimum absolute atomic E-state index is 0.0720. The largest absolute Gasteiger partial charge is 0.462 e. The first-order chi connectivity index (χ1) is 15.7. The maximum absolute atomic E-state index is 13.0. The van der Waals surface area contributed by atoms with Gasteiger partial charge in [-0.2, -0.15) is 0 Å². The van der Waals surface area contributed by atoms with Gasteiger partial charge in [0.25, 0.3) is 0 Å². The highest BCUT2D eigenvalue weighted by Crippen LogP contribution is 2.43. The molecule has 6 nitrogen and oxygen atoms in total. The van der Waals surface area contributed by atoms with Crippen molar-refractivity contribution in [2.45, 2.75) is 32.1 Å². The zero-order valence-corrected chi connectivity index (χ0v) is 18.8. The van der Waals surface area contributed by atoms with Crippen LogP contribution in [0.3, 0.4) is 0 Å². The van der Waals surface area contributed by atoms with E-state index in [2.05, 4.69) is 15.3 Å². The van der Waals surface area contributed by atoms with Gasteiger partial charge in [0, 0.05) is 10.3 Å². The zero-order chi connectivity index (χ0) is 21.5. The summed E-state index contributed by atoms with van der Waals surface area (Å²) < 4.78 is 5.41. The molecule has 160 valence electrons. The van der Waals surface area contributed by atoms with Gasteiger partial charge in [0.05, 0.1) is 35.0 Å². The minimum Gasteiger partial charge on any atom is -0.462 e. The quantitative estimate of drug-likeness (QED) is 0.333. The fraction of sp³-hybridized carbons (Fsp3) is 0.208. The topological polar surface area (TPSA) is 83.8 Å². The molecule has 32 heavy (non-hydrogen) atoms. The SMILES string of the molecule is O=C(Cc1csc(-c2ccco2)n1)Nc1sc2c(c1-c1nc3ccccc3[nH]1)CCCC2. The summed E-state index contributed by atoms with van der Waals surface area (Å²) in [5.41, 5.74) is 5.05. The molecule has 5 aromatic rings. The minimum atomic E-state index is -0.0720. The van der Waals surface area contributed by atoms with E-state index in [-0.39, 0.29) is 12.3 Å². The highest BCUT2D eigenvalue weighted by molar-refractivity contribution is 7.17. The Morgan fingerprint density at radius 2 is 2.03 bits per heavy atom. The lowest BCUT2D eigenvalue weighted by molar-refractivity contribution is -0.115. The summed E-state index contributed by atoms with van der Waals surface area (Å²) in [5.74, 6) is 1.48. The van der Waals surface area contributed by atoms with Gasteiger partial charge in [0.1, 0.15) is 10.8 Å². The number of aromatic nitrogens is 3. The van der Waals surface area contributed by atoms with Crippen LogP contribution in [-0.2, 0) is 24.1 Å². The molecular formula is C24H20N4O2S2. The lowest BCUT2D eigenvalue weighted by Crippen LogP contribution is -2.14. The first kappa shape index (κ1) is 19.5. The lowest BCUT2D eigenvalue weighted by Gasteiger charge is -2.12. The Morgan fingerprint density at radius 1 is 1.12 bits per heavy atom. The van der Waals surface area contributed by atoms with E-state index in [0.717, 1.165) is 56.7 Å². The van der Waals surface area contributed by atoms with Gasteiger partial charge >= 0.3 is 0 Å². The summed E-state index contributed by atoms with van der Waals surface area (Å²) in [5, 5.41) is 6.74. The number of imidazole rings is 1. The van der Waals surface area contributed by atoms with Crippen LogP contribution in [0.1, 0.15) is 29.0 Å². The number of amides is 1. The fourth-order valence-corrected chi connectivity index (χ4v) is 6.31. The Labute approximate surface area is 192 Å². The number of furan rings is 1. The number of rotatable bonds is 5. The summed E-state index contributed by atoms with van der Waals surface area (Å²) in [6.07, 6.45) is 6.28.